The molecular weight excluding hydrogens is 466 g/mol. The van der Waals surface area contributed by atoms with E-state index in [2.05, 4.69) is 21.4 Å². The van der Waals surface area contributed by atoms with E-state index in [0.29, 0.717) is 32.4 Å². The van der Waals surface area contributed by atoms with E-state index < -0.39 is 0 Å². The number of aromatic nitrogens is 3. The first-order valence-corrected chi connectivity index (χ1v) is 12.8. The van der Waals surface area contributed by atoms with Crippen LogP contribution in [0.15, 0.2) is 52.5 Å². The highest BCUT2D eigenvalue weighted by atomic mass is 32.2. The fourth-order valence-electron chi connectivity index (χ4n) is 4.07. The van der Waals surface area contributed by atoms with E-state index in [1.54, 1.807) is 30.5 Å². The number of amides is 1. The van der Waals surface area contributed by atoms with Crippen molar-refractivity contribution in [1.29, 1.82) is 5.26 Å². The van der Waals surface area contributed by atoms with Crippen molar-refractivity contribution in [2.24, 2.45) is 0 Å². The molecule has 170 valence electrons. The number of fused-ring (bicyclic) bond motifs is 2. The SMILES string of the molecule is Cc1ccc(-n2c(SCC(=O)Nc3sc4c(c3C#N)CCCC4)nc3ccccc3c2=O)nc1. The molecule has 0 fully saturated rings. The Labute approximate surface area is 204 Å². The Balaban J connectivity index is 1.44. The van der Waals surface area contributed by atoms with Crippen molar-refractivity contribution < 1.29 is 4.79 Å². The van der Waals surface area contributed by atoms with Crippen LogP contribution in [0.1, 0.15) is 34.4 Å². The van der Waals surface area contributed by atoms with Crippen LogP contribution in [0.25, 0.3) is 16.7 Å². The Morgan fingerprint density at radius 1 is 1.24 bits per heavy atom. The molecule has 7 nitrogen and oxygen atoms in total. The number of nitriles is 1. The van der Waals surface area contributed by atoms with Crippen LogP contribution >= 0.6 is 23.1 Å². The molecule has 34 heavy (non-hydrogen) atoms. The van der Waals surface area contributed by atoms with Gasteiger partial charge in [-0.2, -0.15) is 5.26 Å². The van der Waals surface area contributed by atoms with Gasteiger partial charge in [0.15, 0.2) is 5.16 Å². The maximum Gasteiger partial charge on any atom is 0.267 e. The fourth-order valence-corrected chi connectivity index (χ4v) is 6.13. The van der Waals surface area contributed by atoms with Crippen LogP contribution in [0.5, 0.6) is 0 Å². The van der Waals surface area contributed by atoms with Crippen molar-refractivity contribution in [3.05, 3.63) is 74.5 Å². The van der Waals surface area contributed by atoms with Gasteiger partial charge in [-0.15, -0.1) is 11.3 Å². The second-order valence-electron chi connectivity index (χ2n) is 8.11. The Kier molecular flexibility index (Phi) is 6.18. The molecule has 9 heteroatoms. The van der Waals surface area contributed by atoms with Gasteiger partial charge in [-0.1, -0.05) is 30.0 Å². The Hall–Kier alpha value is -3.48. The average Bonchev–Trinajstić information content (AvgIpc) is 3.20. The third-order valence-electron chi connectivity index (χ3n) is 5.74. The van der Waals surface area contributed by atoms with E-state index in [1.807, 2.05) is 19.1 Å². The number of hydrogen-bond donors (Lipinski definition) is 1. The molecule has 0 radical (unpaired) electrons. The van der Waals surface area contributed by atoms with Gasteiger partial charge in [0, 0.05) is 11.1 Å². The van der Waals surface area contributed by atoms with Gasteiger partial charge in [-0.05, 0) is 61.9 Å². The summed E-state index contributed by atoms with van der Waals surface area (Å²) in [6.07, 6.45) is 5.71. The summed E-state index contributed by atoms with van der Waals surface area (Å²) in [5.74, 6) is 0.254. The lowest BCUT2D eigenvalue weighted by molar-refractivity contribution is -0.113. The highest BCUT2D eigenvalue weighted by Crippen LogP contribution is 2.37. The van der Waals surface area contributed by atoms with E-state index in [4.69, 9.17) is 0 Å². The first-order chi connectivity index (χ1) is 16.5. The molecule has 0 spiro atoms. The van der Waals surface area contributed by atoms with E-state index in [1.165, 1.54) is 32.5 Å². The van der Waals surface area contributed by atoms with Crippen molar-refractivity contribution in [2.75, 3.05) is 11.1 Å². The fraction of sp³-hybridized carbons (Fsp3) is 0.240. The number of aryl methyl sites for hydroxylation is 2. The first kappa shape index (κ1) is 22.3. The van der Waals surface area contributed by atoms with Gasteiger partial charge in [-0.3, -0.25) is 9.59 Å². The number of pyridine rings is 1. The molecule has 1 aromatic carbocycles. The van der Waals surface area contributed by atoms with Gasteiger partial charge < -0.3 is 5.32 Å². The lowest BCUT2D eigenvalue weighted by atomic mass is 9.96. The van der Waals surface area contributed by atoms with E-state index in [9.17, 15) is 14.9 Å². The molecule has 0 saturated heterocycles. The van der Waals surface area contributed by atoms with Crippen LogP contribution < -0.4 is 10.9 Å². The molecular formula is C25H21N5O2S2. The number of carbonyl (C=O) groups excluding carboxylic acids is 1. The van der Waals surface area contributed by atoms with Crippen molar-refractivity contribution >= 4 is 44.9 Å². The van der Waals surface area contributed by atoms with Gasteiger partial charge in [0.1, 0.15) is 16.9 Å². The second-order valence-corrected chi connectivity index (χ2v) is 10.2. The van der Waals surface area contributed by atoms with Gasteiger partial charge in [0.2, 0.25) is 5.91 Å². The zero-order valence-corrected chi connectivity index (χ0v) is 20.1. The predicted molar refractivity (Wildman–Crippen MR) is 135 cm³/mol. The number of benzene rings is 1. The molecule has 1 aliphatic carbocycles. The minimum atomic E-state index is -0.245. The maximum absolute atomic E-state index is 13.3. The summed E-state index contributed by atoms with van der Waals surface area (Å²) in [5.41, 5.74) is 2.98. The topological polar surface area (TPSA) is 101 Å². The number of thiophene rings is 1. The van der Waals surface area contributed by atoms with Crippen molar-refractivity contribution in [1.82, 2.24) is 14.5 Å². The number of anilines is 1. The van der Waals surface area contributed by atoms with Gasteiger partial charge >= 0.3 is 0 Å². The van der Waals surface area contributed by atoms with Crippen molar-refractivity contribution in [3.63, 3.8) is 0 Å². The molecule has 4 aromatic rings. The monoisotopic (exact) mass is 487 g/mol. The summed E-state index contributed by atoms with van der Waals surface area (Å²) >= 11 is 2.67. The molecule has 3 heterocycles. The Morgan fingerprint density at radius 2 is 2.06 bits per heavy atom. The van der Waals surface area contributed by atoms with Gasteiger partial charge in [0.05, 0.1) is 22.2 Å². The van der Waals surface area contributed by atoms with Crippen LogP contribution in [0.2, 0.25) is 0 Å². The lowest BCUT2D eigenvalue weighted by Crippen LogP contribution is -2.23. The maximum atomic E-state index is 13.3. The van der Waals surface area contributed by atoms with Crippen molar-refractivity contribution in [3.8, 4) is 11.9 Å². The minimum Gasteiger partial charge on any atom is -0.316 e. The third kappa shape index (κ3) is 4.22. The Morgan fingerprint density at radius 3 is 2.85 bits per heavy atom. The molecule has 1 N–H and O–H groups in total. The average molecular weight is 488 g/mol. The van der Waals surface area contributed by atoms with E-state index in [0.717, 1.165) is 36.8 Å². The third-order valence-corrected chi connectivity index (χ3v) is 7.88. The van der Waals surface area contributed by atoms with Crippen LogP contribution in [-0.4, -0.2) is 26.2 Å². The summed E-state index contributed by atoms with van der Waals surface area (Å²) in [6.45, 7) is 1.93. The largest absolute Gasteiger partial charge is 0.316 e. The quantitative estimate of drug-likeness (QED) is 0.325. The summed E-state index contributed by atoms with van der Waals surface area (Å²) < 4.78 is 1.45. The number of nitrogens with one attached hydrogen (secondary N) is 1. The molecule has 3 aromatic heterocycles. The first-order valence-electron chi connectivity index (χ1n) is 11.0. The smallest absolute Gasteiger partial charge is 0.267 e. The molecule has 1 aliphatic rings. The molecule has 0 unspecified atom stereocenters. The van der Waals surface area contributed by atoms with Crippen LogP contribution in [-0.2, 0) is 17.6 Å². The molecule has 5 rings (SSSR count). The van der Waals surface area contributed by atoms with Gasteiger partial charge in [0.25, 0.3) is 5.56 Å². The second kappa shape index (κ2) is 9.41. The molecule has 0 aliphatic heterocycles. The Bertz CT molecular complexity index is 1500. The summed E-state index contributed by atoms with van der Waals surface area (Å²) in [7, 11) is 0. The number of hydrogen-bond acceptors (Lipinski definition) is 7. The summed E-state index contributed by atoms with van der Waals surface area (Å²) in [5, 5.41) is 14.0. The number of thioether (sulfide) groups is 1. The minimum absolute atomic E-state index is 0.0457. The van der Waals surface area contributed by atoms with Crippen LogP contribution in [0.4, 0.5) is 5.00 Å². The van der Waals surface area contributed by atoms with E-state index in [-0.39, 0.29) is 17.2 Å². The number of carbonyl (C=O) groups is 1. The number of rotatable bonds is 5. The molecule has 0 saturated carbocycles. The number of para-hydroxylation sites is 1. The van der Waals surface area contributed by atoms with Gasteiger partial charge in [-0.25, -0.2) is 14.5 Å². The number of nitrogens with zero attached hydrogens (tertiary/aromatic N) is 4. The zero-order valence-electron chi connectivity index (χ0n) is 18.5. The van der Waals surface area contributed by atoms with Crippen LogP contribution in [0, 0.1) is 18.3 Å². The predicted octanol–water partition coefficient (Wildman–Crippen LogP) is 4.63. The zero-order chi connectivity index (χ0) is 23.7. The lowest BCUT2D eigenvalue weighted by Gasteiger charge is -2.12. The van der Waals surface area contributed by atoms with Crippen LogP contribution in [0.3, 0.4) is 0 Å². The molecule has 0 bridgehead atoms. The highest BCUT2D eigenvalue weighted by molar-refractivity contribution is 7.99. The normalized spacial score (nSPS) is 12.8. The molecule has 0 atom stereocenters. The molecule has 1 amide bonds. The highest BCUT2D eigenvalue weighted by Gasteiger charge is 2.22. The summed E-state index contributed by atoms with van der Waals surface area (Å²) in [6, 6.07) is 13.1. The van der Waals surface area contributed by atoms with E-state index >= 15 is 0 Å². The standard InChI is InChI=1S/C25H21N5O2S2/c1-15-10-11-21(27-13-15)30-24(32)17-7-2-4-8-19(17)28-25(30)33-14-22(31)29-23-18(12-26)16-6-3-5-9-20(16)34-23/h2,4,7-8,10-11,13H,3,5-6,9,14H2,1H3,(H,29,31). The van der Waals surface area contributed by atoms with Crippen molar-refractivity contribution in [2.45, 2.75) is 37.8 Å². The summed E-state index contributed by atoms with van der Waals surface area (Å²) in [4.78, 5) is 36.4.